The van der Waals surface area contributed by atoms with E-state index in [0.29, 0.717) is 5.92 Å². The largest absolute Gasteiger partial charge is 0.486 e. The number of allylic oxidation sites excluding steroid dienone is 1. The van der Waals surface area contributed by atoms with Crippen LogP contribution < -0.4 is 4.74 Å². The van der Waals surface area contributed by atoms with Crippen molar-refractivity contribution in [3.8, 4) is 5.75 Å². The maximum atomic E-state index is 6.10. The van der Waals surface area contributed by atoms with Crippen LogP contribution in [0.1, 0.15) is 44.6 Å². The third-order valence-electron chi connectivity index (χ3n) is 3.08. The molecule has 0 saturated heterocycles. The summed E-state index contributed by atoms with van der Waals surface area (Å²) in [7, 11) is 0. The van der Waals surface area contributed by atoms with Crippen LogP contribution in [0.15, 0.2) is 34.8 Å². The molecule has 17 heavy (non-hydrogen) atoms. The summed E-state index contributed by atoms with van der Waals surface area (Å²) in [6.45, 7) is 4.40. The van der Waals surface area contributed by atoms with Gasteiger partial charge >= 0.3 is 0 Å². The molecule has 0 aliphatic heterocycles. The predicted molar refractivity (Wildman–Crippen MR) is 75.6 cm³/mol. The summed E-state index contributed by atoms with van der Waals surface area (Å²) in [5.41, 5.74) is 1.28. The minimum atomic E-state index is 0.252. The van der Waals surface area contributed by atoms with Crippen LogP contribution in [-0.2, 0) is 0 Å². The Kier molecular flexibility index (Phi) is 4.27. The van der Waals surface area contributed by atoms with Crippen LogP contribution in [0.4, 0.5) is 0 Å². The van der Waals surface area contributed by atoms with Crippen molar-refractivity contribution in [2.75, 3.05) is 0 Å². The van der Waals surface area contributed by atoms with Crippen LogP contribution >= 0.6 is 15.9 Å². The normalized spacial score (nSPS) is 19.6. The summed E-state index contributed by atoms with van der Waals surface area (Å²) >= 11 is 3.52. The number of rotatable bonds is 3. The molecule has 0 N–H and O–H groups in total. The second-order valence-electron chi connectivity index (χ2n) is 4.85. The van der Waals surface area contributed by atoms with Gasteiger partial charge in [0.2, 0.25) is 0 Å². The Morgan fingerprint density at radius 3 is 2.82 bits per heavy atom. The van der Waals surface area contributed by atoms with Crippen LogP contribution in [0.5, 0.6) is 5.75 Å². The molecule has 2 heteroatoms. The van der Waals surface area contributed by atoms with Crippen molar-refractivity contribution in [3.05, 3.63) is 40.4 Å². The summed E-state index contributed by atoms with van der Waals surface area (Å²) in [5, 5.41) is 0. The fourth-order valence-electron chi connectivity index (χ4n) is 2.12. The van der Waals surface area contributed by atoms with Gasteiger partial charge in [-0.3, -0.25) is 0 Å². The average Bonchev–Trinajstić information content (AvgIpc) is 2.32. The zero-order chi connectivity index (χ0) is 12.3. The molecule has 1 atom stereocenters. The van der Waals surface area contributed by atoms with Gasteiger partial charge in [-0.15, -0.1) is 0 Å². The highest BCUT2D eigenvalue weighted by atomic mass is 79.9. The smallest absolute Gasteiger partial charge is 0.123 e. The molecule has 0 amide bonds. The number of hydrogen-bond acceptors (Lipinski definition) is 1. The summed E-state index contributed by atoms with van der Waals surface area (Å²) in [5.74, 6) is 1.51. The molecule has 0 heterocycles. The monoisotopic (exact) mass is 294 g/mol. The van der Waals surface area contributed by atoms with Gasteiger partial charge < -0.3 is 4.74 Å². The lowest BCUT2D eigenvalue weighted by molar-refractivity contribution is 0.227. The van der Waals surface area contributed by atoms with Crippen molar-refractivity contribution in [1.82, 2.24) is 0 Å². The molecule has 0 saturated carbocycles. The summed E-state index contributed by atoms with van der Waals surface area (Å²) in [4.78, 5) is 0. The van der Waals surface area contributed by atoms with Crippen molar-refractivity contribution in [2.24, 2.45) is 0 Å². The van der Waals surface area contributed by atoms with E-state index in [-0.39, 0.29) is 6.10 Å². The lowest BCUT2D eigenvalue weighted by Gasteiger charge is -2.21. The van der Waals surface area contributed by atoms with Crippen molar-refractivity contribution in [3.63, 3.8) is 0 Å². The Balaban J connectivity index is 2.19. The Hall–Kier alpha value is -0.760. The molecule has 0 bridgehead atoms. The van der Waals surface area contributed by atoms with Crippen molar-refractivity contribution in [1.29, 1.82) is 0 Å². The highest BCUT2D eigenvalue weighted by Gasteiger charge is 2.14. The molecule has 2 rings (SSSR count). The first-order chi connectivity index (χ1) is 8.16. The highest BCUT2D eigenvalue weighted by Crippen LogP contribution is 2.31. The van der Waals surface area contributed by atoms with Crippen LogP contribution in [0.3, 0.4) is 0 Å². The molecule has 0 aromatic heterocycles. The predicted octanol–water partition coefficient (Wildman–Crippen LogP) is 5.06. The second kappa shape index (κ2) is 5.72. The van der Waals surface area contributed by atoms with Gasteiger partial charge in [0.15, 0.2) is 0 Å². The van der Waals surface area contributed by atoms with Gasteiger partial charge in [-0.1, -0.05) is 35.9 Å². The van der Waals surface area contributed by atoms with E-state index in [9.17, 15) is 0 Å². The van der Waals surface area contributed by atoms with Crippen molar-refractivity contribution < 1.29 is 4.74 Å². The summed E-state index contributed by atoms with van der Waals surface area (Å²) in [6, 6.07) is 6.28. The van der Waals surface area contributed by atoms with E-state index in [1.54, 1.807) is 0 Å². The summed E-state index contributed by atoms with van der Waals surface area (Å²) < 4.78 is 7.21. The second-order valence-corrected chi connectivity index (χ2v) is 5.77. The third kappa shape index (κ3) is 3.35. The van der Waals surface area contributed by atoms with Gasteiger partial charge in [0.25, 0.3) is 0 Å². The molecule has 92 valence electrons. The number of benzene rings is 1. The van der Waals surface area contributed by atoms with Crippen LogP contribution in [0.25, 0.3) is 0 Å². The minimum Gasteiger partial charge on any atom is -0.486 e. The van der Waals surface area contributed by atoms with Gasteiger partial charge in [0.1, 0.15) is 11.9 Å². The van der Waals surface area contributed by atoms with E-state index in [1.807, 2.05) is 6.07 Å². The van der Waals surface area contributed by atoms with Gasteiger partial charge in [-0.2, -0.15) is 0 Å². The molecule has 1 aromatic carbocycles. The molecule has 1 unspecified atom stereocenters. The third-order valence-corrected chi connectivity index (χ3v) is 3.58. The van der Waals surface area contributed by atoms with Crippen LogP contribution in [0.2, 0.25) is 0 Å². The van der Waals surface area contributed by atoms with Crippen LogP contribution in [0, 0.1) is 0 Å². The average molecular weight is 295 g/mol. The lowest BCUT2D eigenvalue weighted by Crippen LogP contribution is -2.16. The SMILES string of the molecule is CC(C)c1cc(Br)ccc1OC1C=CCCC1. The number of halogens is 1. The Morgan fingerprint density at radius 1 is 1.35 bits per heavy atom. The van der Waals surface area contributed by atoms with E-state index in [1.165, 1.54) is 18.4 Å². The van der Waals surface area contributed by atoms with Crippen molar-refractivity contribution in [2.45, 2.75) is 45.1 Å². The molecule has 1 nitrogen and oxygen atoms in total. The van der Waals surface area contributed by atoms with E-state index >= 15 is 0 Å². The first-order valence-electron chi connectivity index (χ1n) is 6.29. The maximum absolute atomic E-state index is 6.10. The zero-order valence-corrected chi connectivity index (χ0v) is 12.0. The van der Waals surface area contributed by atoms with Gasteiger partial charge in [-0.25, -0.2) is 0 Å². The fourth-order valence-corrected chi connectivity index (χ4v) is 2.50. The lowest BCUT2D eigenvalue weighted by atomic mass is 10.0. The van der Waals surface area contributed by atoms with E-state index in [4.69, 9.17) is 4.74 Å². The van der Waals surface area contributed by atoms with Gasteiger partial charge in [0, 0.05) is 4.47 Å². The zero-order valence-electron chi connectivity index (χ0n) is 10.4. The van der Waals surface area contributed by atoms with E-state index in [2.05, 4.69) is 54.1 Å². The standard InChI is InChI=1S/C15H19BrO/c1-11(2)14-10-12(16)8-9-15(14)17-13-6-4-3-5-7-13/h4,6,8-11,13H,3,5,7H2,1-2H3. The Bertz CT molecular complexity index is 409. The van der Waals surface area contributed by atoms with E-state index in [0.717, 1.165) is 16.6 Å². The fraction of sp³-hybridized carbons (Fsp3) is 0.467. The molecule has 1 aliphatic carbocycles. The molecule has 0 radical (unpaired) electrons. The van der Waals surface area contributed by atoms with Crippen molar-refractivity contribution >= 4 is 15.9 Å². The quantitative estimate of drug-likeness (QED) is 0.708. The topological polar surface area (TPSA) is 9.23 Å². The Labute approximate surface area is 112 Å². The molecule has 0 spiro atoms. The number of ether oxygens (including phenoxy) is 1. The molecule has 1 aliphatic rings. The number of hydrogen-bond donors (Lipinski definition) is 0. The molecular weight excluding hydrogens is 276 g/mol. The molecule has 1 aromatic rings. The first-order valence-corrected chi connectivity index (χ1v) is 7.09. The highest BCUT2D eigenvalue weighted by molar-refractivity contribution is 9.10. The van der Waals surface area contributed by atoms with Gasteiger partial charge in [0.05, 0.1) is 0 Å². The molecule has 0 fully saturated rings. The maximum Gasteiger partial charge on any atom is 0.123 e. The summed E-state index contributed by atoms with van der Waals surface area (Å²) in [6.07, 6.45) is 8.22. The van der Waals surface area contributed by atoms with Crippen LogP contribution in [-0.4, -0.2) is 6.10 Å². The van der Waals surface area contributed by atoms with Gasteiger partial charge in [-0.05, 0) is 55.0 Å². The van der Waals surface area contributed by atoms with E-state index < -0.39 is 0 Å². The minimum absolute atomic E-state index is 0.252. The Morgan fingerprint density at radius 2 is 2.18 bits per heavy atom. The first kappa shape index (κ1) is 12.7. The molecular formula is C15H19BrO.